The van der Waals surface area contributed by atoms with Crippen LogP contribution < -0.4 is 0 Å². The zero-order valence-corrected chi connectivity index (χ0v) is 15.0. The van der Waals surface area contributed by atoms with Gasteiger partial charge in [-0.15, -0.1) is 0 Å². The van der Waals surface area contributed by atoms with Crippen LogP contribution in [0, 0.1) is 0 Å². The molecule has 0 aromatic heterocycles. The van der Waals surface area contributed by atoms with E-state index in [0.29, 0.717) is 0 Å². The lowest BCUT2D eigenvalue weighted by Crippen LogP contribution is -2.47. The van der Waals surface area contributed by atoms with Gasteiger partial charge in [0.15, 0.2) is 0 Å². The number of quaternary nitrogens is 1. The van der Waals surface area contributed by atoms with Gasteiger partial charge in [0, 0.05) is 0 Å². The van der Waals surface area contributed by atoms with E-state index < -0.39 is 15.9 Å². The van der Waals surface area contributed by atoms with Crippen LogP contribution in [0.4, 0.5) is 0 Å². The van der Waals surface area contributed by atoms with Crippen LogP contribution in [0.25, 0.3) is 6.08 Å². The molecule has 0 spiro atoms. The largest absolute Gasteiger partial charge is 0.748 e. The van der Waals surface area contributed by atoms with Gasteiger partial charge < -0.3 is 9.04 Å². The molecule has 0 heterocycles. The molecule has 0 aliphatic heterocycles. The highest BCUT2D eigenvalue weighted by molar-refractivity contribution is 7.85. The Bertz CT molecular complexity index is 503. The molecule has 0 amide bonds. The van der Waals surface area contributed by atoms with Gasteiger partial charge >= 0.3 is 0 Å². The van der Waals surface area contributed by atoms with Crippen LogP contribution in [0.2, 0.25) is 0 Å². The lowest BCUT2D eigenvalue weighted by atomic mass is 10.2. The zero-order chi connectivity index (χ0) is 17.1. The van der Waals surface area contributed by atoms with Gasteiger partial charge in [0.05, 0.1) is 42.1 Å². The fourth-order valence-corrected chi connectivity index (χ4v) is 2.54. The van der Waals surface area contributed by atoms with Crippen LogP contribution in [0.3, 0.4) is 0 Å². The number of rotatable bonds is 7. The average molecular weight is 327 g/mol. The summed E-state index contributed by atoms with van der Waals surface area (Å²) in [5.41, 5.74) is 0.881. The smallest absolute Gasteiger partial charge is 0.0982 e. The molecule has 1 aromatic carbocycles. The van der Waals surface area contributed by atoms with E-state index in [1.165, 1.54) is 36.7 Å². The molecule has 1 rings (SSSR count). The molecule has 4 nitrogen and oxygen atoms in total. The number of nitrogens with zero attached hydrogens (tertiary/aromatic N) is 1. The monoisotopic (exact) mass is 327 g/mol. The third-order valence-electron chi connectivity index (χ3n) is 4.09. The number of hydrogen-bond donors (Lipinski definition) is 0. The molecule has 0 saturated carbocycles. The molecule has 0 atom stereocenters. The Kier molecular flexibility index (Phi) is 9.98. The first-order valence-corrected chi connectivity index (χ1v) is 9.40. The summed E-state index contributed by atoms with van der Waals surface area (Å²) < 4.78 is 31.9. The zero-order valence-electron chi connectivity index (χ0n) is 14.2. The van der Waals surface area contributed by atoms with E-state index in [1.807, 2.05) is 30.3 Å². The van der Waals surface area contributed by atoms with E-state index in [4.69, 9.17) is 0 Å². The van der Waals surface area contributed by atoms with Crippen molar-refractivity contribution in [3.8, 4) is 0 Å². The van der Waals surface area contributed by atoms with Gasteiger partial charge in [-0.05, 0) is 33.3 Å². The maximum absolute atomic E-state index is 10.2. The molecule has 1 aromatic rings. The van der Waals surface area contributed by atoms with E-state index >= 15 is 0 Å². The van der Waals surface area contributed by atoms with Crippen LogP contribution in [0.5, 0.6) is 0 Å². The van der Waals surface area contributed by atoms with Crippen LogP contribution >= 0.6 is 0 Å². The fourth-order valence-electron chi connectivity index (χ4n) is 2.21. The molecule has 126 valence electrons. The predicted molar refractivity (Wildman–Crippen MR) is 92.5 cm³/mol. The van der Waals surface area contributed by atoms with Gasteiger partial charge in [0.1, 0.15) is 0 Å². The van der Waals surface area contributed by atoms with Gasteiger partial charge in [-0.3, -0.25) is 0 Å². The molecule has 0 saturated heterocycles. The Morgan fingerprint density at radius 2 is 1.41 bits per heavy atom. The van der Waals surface area contributed by atoms with Crippen LogP contribution in [0.15, 0.2) is 36.4 Å². The first kappa shape index (κ1) is 20.8. The van der Waals surface area contributed by atoms with Crippen LogP contribution in [0.1, 0.15) is 33.3 Å². The van der Waals surface area contributed by atoms with Crippen LogP contribution in [-0.4, -0.2) is 49.4 Å². The van der Waals surface area contributed by atoms with Crippen molar-refractivity contribution in [2.45, 2.75) is 27.7 Å². The Morgan fingerprint density at radius 1 is 0.955 bits per heavy atom. The highest BCUT2D eigenvalue weighted by Crippen LogP contribution is 2.03. The predicted octanol–water partition coefficient (Wildman–Crippen LogP) is 3.13. The first-order chi connectivity index (χ1) is 10.3. The average Bonchev–Trinajstić information content (AvgIpc) is 2.51. The summed E-state index contributed by atoms with van der Waals surface area (Å²) in [6, 6.07) is 9.19. The summed E-state index contributed by atoms with van der Waals surface area (Å²) >= 11 is 0. The third kappa shape index (κ3) is 8.97. The molecule has 0 radical (unpaired) electrons. The van der Waals surface area contributed by atoms with Gasteiger partial charge in [-0.1, -0.05) is 42.5 Å². The molecular formula is C17H29NO3S. The Morgan fingerprint density at radius 3 is 1.73 bits per heavy atom. The van der Waals surface area contributed by atoms with E-state index in [9.17, 15) is 13.0 Å². The fraction of sp³-hybridized carbons (Fsp3) is 0.529. The second-order valence-corrected chi connectivity index (χ2v) is 6.59. The molecule has 5 heteroatoms. The van der Waals surface area contributed by atoms with Crippen molar-refractivity contribution in [2.75, 3.05) is 31.9 Å². The summed E-state index contributed by atoms with van der Waals surface area (Å²) in [5, 5.41) is 0. The molecule has 0 N–H and O–H groups in total. The van der Waals surface area contributed by atoms with Gasteiger partial charge in [-0.2, -0.15) is 0 Å². The van der Waals surface area contributed by atoms with Crippen molar-refractivity contribution < 1.29 is 17.5 Å². The standard InChI is InChI=1S/C9H10O3S.C8H20N/c10-13(11,12)8-4-7-9-5-2-1-3-6-9;1-5-9(6-2,7-3)8-4/h1-7H,8H2,(H,10,11,12);5-8H2,1-4H3/q;+1/p-1. The second kappa shape index (κ2) is 10.5. The molecule has 0 unspecified atom stereocenters. The maximum Gasteiger partial charge on any atom is 0.0982 e. The number of hydrogen-bond acceptors (Lipinski definition) is 3. The van der Waals surface area contributed by atoms with Gasteiger partial charge in [-0.25, -0.2) is 8.42 Å². The highest BCUT2D eigenvalue weighted by atomic mass is 32.2. The topological polar surface area (TPSA) is 57.2 Å². The second-order valence-electron chi connectivity index (χ2n) is 5.14. The first-order valence-electron chi connectivity index (χ1n) is 7.82. The minimum absolute atomic E-state index is 0.456. The molecule has 0 aliphatic carbocycles. The van der Waals surface area contributed by atoms with Crippen molar-refractivity contribution in [2.24, 2.45) is 0 Å². The summed E-state index contributed by atoms with van der Waals surface area (Å²) in [4.78, 5) is 0. The molecule has 0 aliphatic rings. The van der Waals surface area contributed by atoms with Crippen molar-refractivity contribution in [3.05, 3.63) is 42.0 Å². The minimum atomic E-state index is -4.13. The summed E-state index contributed by atoms with van der Waals surface area (Å²) in [6.07, 6.45) is 2.95. The minimum Gasteiger partial charge on any atom is -0.748 e. The normalized spacial score (nSPS) is 12.0. The lowest BCUT2D eigenvalue weighted by molar-refractivity contribution is -0.921. The summed E-state index contributed by atoms with van der Waals surface area (Å²) in [7, 11) is -4.13. The maximum atomic E-state index is 10.2. The lowest BCUT2D eigenvalue weighted by Gasteiger charge is -2.34. The van der Waals surface area contributed by atoms with Gasteiger partial charge in [0.25, 0.3) is 0 Å². The molecular weight excluding hydrogens is 298 g/mol. The molecule has 0 fully saturated rings. The SMILES string of the molecule is CC[N+](CC)(CC)CC.O=S(=O)([O-])CC=Cc1ccccc1. The van der Waals surface area contributed by atoms with Crippen molar-refractivity contribution >= 4 is 16.2 Å². The summed E-state index contributed by atoms with van der Waals surface area (Å²) in [6.45, 7) is 14.2. The quantitative estimate of drug-likeness (QED) is 0.571. The highest BCUT2D eigenvalue weighted by Gasteiger charge is 2.16. The van der Waals surface area contributed by atoms with E-state index in [-0.39, 0.29) is 0 Å². The molecule has 22 heavy (non-hydrogen) atoms. The van der Waals surface area contributed by atoms with Crippen molar-refractivity contribution in [1.82, 2.24) is 0 Å². The Balaban J connectivity index is 0.000000433. The van der Waals surface area contributed by atoms with Gasteiger partial charge in [0.2, 0.25) is 0 Å². The van der Waals surface area contributed by atoms with Crippen molar-refractivity contribution in [1.29, 1.82) is 0 Å². The van der Waals surface area contributed by atoms with E-state index in [2.05, 4.69) is 27.7 Å². The Hall–Kier alpha value is -1.17. The summed E-state index contributed by atoms with van der Waals surface area (Å²) in [5.74, 6) is -0.456. The van der Waals surface area contributed by atoms with E-state index in [0.717, 1.165) is 5.56 Å². The molecule has 0 bridgehead atoms. The van der Waals surface area contributed by atoms with Crippen LogP contribution in [-0.2, 0) is 10.1 Å². The van der Waals surface area contributed by atoms with Crippen molar-refractivity contribution in [3.63, 3.8) is 0 Å². The number of benzene rings is 1. The van der Waals surface area contributed by atoms with E-state index in [1.54, 1.807) is 6.08 Å². The third-order valence-corrected chi connectivity index (χ3v) is 4.69. The Labute approximate surface area is 135 Å².